The molecule has 2 rings (SSSR count). The lowest BCUT2D eigenvalue weighted by Crippen LogP contribution is -2.40. The molecule has 5 heteroatoms. The van der Waals surface area contributed by atoms with Crippen LogP contribution in [-0.2, 0) is 4.74 Å². The van der Waals surface area contributed by atoms with Gasteiger partial charge in [0.1, 0.15) is 0 Å². The molecular weight excluding hydrogens is 254 g/mol. The van der Waals surface area contributed by atoms with Crippen LogP contribution in [0.15, 0.2) is 18.3 Å². The van der Waals surface area contributed by atoms with Gasteiger partial charge in [-0.1, -0.05) is 6.07 Å². The largest absolute Gasteiger partial charge is 0.481 e. The van der Waals surface area contributed by atoms with Crippen molar-refractivity contribution in [3.63, 3.8) is 0 Å². The molecule has 1 fully saturated rings. The number of nitrogens with two attached hydrogens (primary N) is 1. The van der Waals surface area contributed by atoms with Crippen molar-refractivity contribution in [1.82, 2.24) is 9.88 Å². The second-order valence-electron chi connectivity index (χ2n) is 5.32. The molecule has 1 aliphatic rings. The minimum Gasteiger partial charge on any atom is -0.481 e. The standard InChI is InChI=1S/C15H25N3O2/c1-19-11-12-5-7-18(8-6-12)14(9-16)13-3-4-15(20-2)17-10-13/h3-4,10,12,14H,5-9,11,16H2,1-2H3. The highest BCUT2D eigenvalue weighted by molar-refractivity contribution is 5.21. The number of likely N-dealkylation sites (tertiary alicyclic amines) is 1. The third-order valence-corrected chi connectivity index (χ3v) is 4.07. The van der Waals surface area contributed by atoms with Crippen molar-refractivity contribution in [1.29, 1.82) is 0 Å². The predicted molar refractivity (Wildman–Crippen MR) is 78.8 cm³/mol. The number of aromatic nitrogens is 1. The molecule has 0 radical (unpaired) electrons. The number of ether oxygens (including phenoxy) is 2. The molecule has 1 aromatic heterocycles. The molecule has 0 amide bonds. The van der Waals surface area contributed by atoms with Gasteiger partial charge in [-0.3, -0.25) is 4.90 Å². The van der Waals surface area contributed by atoms with Crippen LogP contribution in [0.3, 0.4) is 0 Å². The highest BCUT2D eigenvalue weighted by atomic mass is 16.5. The first-order chi connectivity index (χ1) is 9.78. The minimum atomic E-state index is 0.247. The Morgan fingerprint density at radius 1 is 1.35 bits per heavy atom. The van der Waals surface area contributed by atoms with Crippen LogP contribution in [0.1, 0.15) is 24.4 Å². The zero-order chi connectivity index (χ0) is 14.4. The van der Waals surface area contributed by atoms with Gasteiger partial charge >= 0.3 is 0 Å². The summed E-state index contributed by atoms with van der Waals surface area (Å²) in [5, 5.41) is 0. The summed E-state index contributed by atoms with van der Waals surface area (Å²) in [5.74, 6) is 1.33. The molecule has 0 saturated carbocycles. The molecule has 112 valence electrons. The lowest BCUT2D eigenvalue weighted by Gasteiger charge is -2.37. The molecule has 2 N–H and O–H groups in total. The third-order valence-electron chi connectivity index (χ3n) is 4.07. The first-order valence-electron chi connectivity index (χ1n) is 7.21. The first kappa shape index (κ1) is 15.2. The van der Waals surface area contributed by atoms with Crippen molar-refractivity contribution in [2.45, 2.75) is 18.9 Å². The topological polar surface area (TPSA) is 60.6 Å². The summed E-state index contributed by atoms with van der Waals surface area (Å²) in [6.07, 6.45) is 4.22. The van der Waals surface area contributed by atoms with E-state index < -0.39 is 0 Å². The summed E-state index contributed by atoms with van der Waals surface area (Å²) in [4.78, 5) is 6.73. The summed E-state index contributed by atoms with van der Waals surface area (Å²) in [6.45, 7) is 3.62. The summed E-state index contributed by atoms with van der Waals surface area (Å²) < 4.78 is 10.3. The number of piperidine rings is 1. The SMILES string of the molecule is COCC1CCN(C(CN)c2ccc(OC)nc2)CC1. The Hall–Kier alpha value is -1.17. The van der Waals surface area contributed by atoms with Gasteiger partial charge in [-0.15, -0.1) is 0 Å². The maximum Gasteiger partial charge on any atom is 0.212 e. The number of pyridine rings is 1. The van der Waals surface area contributed by atoms with E-state index in [-0.39, 0.29) is 6.04 Å². The molecule has 0 bridgehead atoms. The Kier molecular flexibility index (Phi) is 5.76. The molecule has 1 saturated heterocycles. The van der Waals surface area contributed by atoms with Gasteiger partial charge < -0.3 is 15.2 Å². The summed E-state index contributed by atoms with van der Waals surface area (Å²) in [7, 11) is 3.40. The monoisotopic (exact) mass is 279 g/mol. The van der Waals surface area contributed by atoms with Crippen molar-refractivity contribution < 1.29 is 9.47 Å². The van der Waals surface area contributed by atoms with Crippen molar-refractivity contribution in [2.24, 2.45) is 11.7 Å². The Morgan fingerprint density at radius 3 is 2.60 bits per heavy atom. The van der Waals surface area contributed by atoms with Gasteiger partial charge in [0.05, 0.1) is 7.11 Å². The van der Waals surface area contributed by atoms with E-state index in [0.29, 0.717) is 18.3 Å². The van der Waals surface area contributed by atoms with E-state index in [4.69, 9.17) is 15.2 Å². The van der Waals surface area contributed by atoms with Gasteiger partial charge in [-0.05, 0) is 37.4 Å². The number of hydrogen-bond donors (Lipinski definition) is 1. The van der Waals surface area contributed by atoms with Crippen LogP contribution >= 0.6 is 0 Å². The first-order valence-corrected chi connectivity index (χ1v) is 7.21. The van der Waals surface area contributed by atoms with Crippen molar-refractivity contribution >= 4 is 0 Å². The fraction of sp³-hybridized carbons (Fsp3) is 0.667. The average molecular weight is 279 g/mol. The van der Waals surface area contributed by atoms with Crippen molar-refractivity contribution in [2.75, 3.05) is 40.5 Å². The molecule has 0 aliphatic carbocycles. The van der Waals surface area contributed by atoms with Crippen LogP contribution in [0, 0.1) is 5.92 Å². The fourth-order valence-corrected chi connectivity index (χ4v) is 2.87. The number of rotatable bonds is 6. The van der Waals surface area contributed by atoms with Crippen LogP contribution in [0.2, 0.25) is 0 Å². The predicted octanol–water partition coefficient (Wildman–Crippen LogP) is 1.45. The zero-order valence-electron chi connectivity index (χ0n) is 12.4. The molecule has 20 heavy (non-hydrogen) atoms. The van der Waals surface area contributed by atoms with E-state index in [2.05, 4.69) is 16.0 Å². The maximum atomic E-state index is 5.97. The van der Waals surface area contributed by atoms with E-state index in [1.54, 1.807) is 14.2 Å². The zero-order valence-corrected chi connectivity index (χ0v) is 12.4. The van der Waals surface area contributed by atoms with Gasteiger partial charge in [0.25, 0.3) is 0 Å². The van der Waals surface area contributed by atoms with E-state index in [9.17, 15) is 0 Å². The molecule has 1 aliphatic heterocycles. The molecule has 0 aromatic carbocycles. The van der Waals surface area contributed by atoms with Crippen LogP contribution in [-0.4, -0.2) is 50.3 Å². The van der Waals surface area contributed by atoms with Crippen LogP contribution in [0.5, 0.6) is 5.88 Å². The molecule has 1 aromatic rings. The highest BCUT2D eigenvalue weighted by Gasteiger charge is 2.25. The Bertz CT molecular complexity index is 389. The highest BCUT2D eigenvalue weighted by Crippen LogP contribution is 2.26. The van der Waals surface area contributed by atoms with Gasteiger partial charge in [-0.2, -0.15) is 0 Å². The van der Waals surface area contributed by atoms with Gasteiger partial charge in [0.15, 0.2) is 0 Å². The minimum absolute atomic E-state index is 0.247. The molecule has 2 heterocycles. The Balaban J connectivity index is 1.97. The number of hydrogen-bond acceptors (Lipinski definition) is 5. The molecule has 5 nitrogen and oxygen atoms in total. The molecule has 1 unspecified atom stereocenters. The number of nitrogens with zero attached hydrogens (tertiary/aromatic N) is 2. The van der Waals surface area contributed by atoms with Gasteiger partial charge in [-0.25, -0.2) is 4.98 Å². The van der Waals surface area contributed by atoms with Crippen molar-refractivity contribution in [3.8, 4) is 5.88 Å². The Labute approximate surface area is 121 Å². The van der Waals surface area contributed by atoms with E-state index in [0.717, 1.165) is 19.7 Å². The Morgan fingerprint density at radius 2 is 2.10 bits per heavy atom. The van der Waals surface area contributed by atoms with E-state index in [1.807, 2.05) is 12.3 Å². The van der Waals surface area contributed by atoms with Gasteiger partial charge in [0, 0.05) is 38.6 Å². The lowest BCUT2D eigenvalue weighted by molar-refractivity contribution is 0.0809. The molecular formula is C15H25N3O2. The van der Waals surface area contributed by atoms with Gasteiger partial charge in [0.2, 0.25) is 5.88 Å². The smallest absolute Gasteiger partial charge is 0.212 e. The van der Waals surface area contributed by atoms with Crippen molar-refractivity contribution in [3.05, 3.63) is 23.9 Å². The lowest BCUT2D eigenvalue weighted by atomic mass is 9.95. The summed E-state index contributed by atoms with van der Waals surface area (Å²) in [5.41, 5.74) is 7.14. The third kappa shape index (κ3) is 3.69. The molecule has 1 atom stereocenters. The normalized spacial score (nSPS) is 18.9. The fourth-order valence-electron chi connectivity index (χ4n) is 2.87. The number of methoxy groups -OCH3 is 2. The molecule has 0 spiro atoms. The summed E-state index contributed by atoms with van der Waals surface area (Å²) in [6, 6.07) is 4.21. The average Bonchev–Trinajstić information content (AvgIpc) is 2.51. The van der Waals surface area contributed by atoms with E-state index >= 15 is 0 Å². The quantitative estimate of drug-likeness (QED) is 0.854. The summed E-state index contributed by atoms with van der Waals surface area (Å²) >= 11 is 0. The second-order valence-corrected chi connectivity index (χ2v) is 5.32. The van der Waals surface area contributed by atoms with Crippen LogP contribution in [0.25, 0.3) is 0 Å². The van der Waals surface area contributed by atoms with Crippen LogP contribution in [0.4, 0.5) is 0 Å². The van der Waals surface area contributed by atoms with E-state index in [1.165, 1.54) is 18.4 Å². The van der Waals surface area contributed by atoms with Crippen LogP contribution < -0.4 is 10.5 Å². The second kappa shape index (κ2) is 7.57. The maximum absolute atomic E-state index is 5.97.